The minimum Gasteiger partial charge on any atom is -0.393 e. The number of nitrogens with one attached hydrogen (secondary N) is 1. The van der Waals surface area contributed by atoms with Crippen LogP contribution in [0, 0.1) is 17.8 Å². The molecule has 0 saturated carbocycles. The Kier molecular flexibility index (Phi) is 6.65. The Morgan fingerprint density at radius 1 is 1.25 bits per heavy atom. The van der Waals surface area contributed by atoms with Gasteiger partial charge in [0.2, 0.25) is 5.91 Å². The Morgan fingerprint density at radius 2 is 1.85 bits per heavy atom. The van der Waals surface area contributed by atoms with Crippen molar-refractivity contribution >= 4 is 23.1 Å². The average molecular weight is 292 g/mol. The molecule has 110 valence electrons. The highest BCUT2D eigenvalue weighted by molar-refractivity contribution is 7.80. The molecule has 0 spiro atoms. The van der Waals surface area contributed by atoms with E-state index in [4.69, 9.17) is 18.0 Å². The van der Waals surface area contributed by atoms with Gasteiger partial charge in [0.25, 0.3) is 0 Å². The number of benzene rings is 1. The molecule has 20 heavy (non-hydrogen) atoms. The Labute approximate surface area is 126 Å². The molecule has 0 saturated heterocycles. The standard InChI is InChI=1S/C16H24N2OS/c1-11(2)12(3)10-18-16(19)14(15(17)20)9-13-7-5-4-6-8-13/h4-8,11-12,14H,9-10H2,1-3H3,(H2,17,20)(H,18,19). The molecule has 0 fully saturated rings. The summed E-state index contributed by atoms with van der Waals surface area (Å²) in [7, 11) is 0. The molecule has 0 heterocycles. The first-order valence-electron chi connectivity index (χ1n) is 7.02. The first kappa shape index (κ1) is 16.6. The van der Waals surface area contributed by atoms with Crippen LogP contribution in [-0.4, -0.2) is 17.4 Å². The van der Waals surface area contributed by atoms with Crippen LogP contribution >= 0.6 is 12.2 Å². The molecule has 0 aromatic heterocycles. The van der Waals surface area contributed by atoms with E-state index in [1.807, 2.05) is 30.3 Å². The minimum absolute atomic E-state index is 0.0751. The molecular weight excluding hydrogens is 268 g/mol. The van der Waals surface area contributed by atoms with Crippen molar-refractivity contribution in [1.29, 1.82) is 0 Å². The molecular formula is C16H24N2OS. The second kappa shape index (κ2) is 8.00. The topological polar surface area (TPSA) is 55.1 Å². The van der Waals surface area contributed by atoms with Crippen molar-refractivity contribution in [2.24, 2.45) is 23.5 Å². The molecule has 0 aliphatic heterocycles. The zero-order valence-electron chi connectivity index (χ0n) is 12.4. The van der Waals surface area contributed by atoms with Crippen LogP contribution in [0.5, 0.6) is 0 Å². The SMILES string of the molecule is CC(C)C(C)CNC(=O)C(Cc1ccccc1)C(N)=S. The van der Waals surface area contributed by atoms with Crippen LogP contribution in [0.4, 0.5) is 0 Å². The van der Waals surface area contributed by atoms with Crippen LogP contribution in [0.2, 0.25) is 0 Å². The van der Waals surface area contributed by atoms with Crippen LogP contribution in [0.3, 0.4) is 0 Å². The van der Waals surface area contributed by atoms with E-state index >= 15 is 0 Å². The van der Waals surface area contributed by atoms with Crippen LogP contribution in [0.1, 0.15) is 26.3 Å². The van der Waals surface area contributed by atoms with E-state index in [1.165, 1.54) is 0 Å². The zero-order chi connectivity index (χ0) is 15.1. The first-order valence-corrected chi connectivity index (χ1v) is 7.43. The van der Waals surface area contributed by atoms with Crippen molar-refractivity contribution in [1.82, 2.24) is 5.32 Å². The lowest BCUT2D eigenvalue weighted by molar-refractivity contribution is -0.123. The van der Waals surface area contributed by atoms with Gasteiger partial charge in [0.05, 0.1) is 10.9 Å². The number of nitrogens with two attached hydrogens (primary N) is 1. The van der Waals surface area contributed by atoms with Crippen LogP contribution in [0.25, 0.3) is 0 Å². The van der Waals surface area contributed by atoms with Crippen molar-refractivity contribution in [3.05, 3.63) is 35.9 Å². The van der Waals surface area contributed by atoms with Gasteiger partial charge in [0.15, 0.2) is 0 Å². The Bertz CT molecular complexity index is 445. The van der Waals surface area contributed by atoms with E-state index in [-0.39, 0.29) is 10.9 Å². The largest absolute Gasteiger partial charge is 0.393 e. The van der Waals surface area contributed by atoms with E-state index in [0.29, 0.717) is 24.8 Å². The number of hydrogen-bond donors (Lipinski definition) is 2. The maximum absolute atomic E-state index is 12.2. The molecule has 0 aliphatic carbocycles. The van der Waals surface area contributed by atoms with Gasteiger partial charge < -0.3 is 11.1 Å². The van der Waals surface area contributed by atoms with E-state index in [2.05, 4.69) is 26.1 Å². The molecule has 0 aliphatic rings. The molecule has 4 heteroatoms. The van der Waals surface area contributed by atoms with Gasteiger partial charge in [-0.1, -0.05) is 63.3 Å². The van der Waals surface area contributed by atoms with Crippen molar-refractivity contribution in [2.45, 2.75) is 27.2 Å². The third-order valence-electron chi connectivity index (χ3n) is 3.68. The monoisotopic (exact) mass is 292 g/mol. The highest BCUT2D eigenvalue weighted by Gasteiger charge is 2.22. The third kappa shape index (κ3) is 5.29. The number of amides is 1. The number of carbonyl (C=O) groups is 1. The van der Waals surface area contributed by atoms with E-state index in [9.17, 15) is 4.79 Å². The molecule has 3 nitrogen and oxygen atoms in total. The maximum atomic E-state index is 12.2. The summed E-state index contributed by atoms with van der Waals surface area (Å²) in [5, 5.41) is 2.96. The van der Waals surface area contributed by atoms with Gasteiger partial charge in [-0.15, -0.1) is 0 Å². The molecule has 1 rings (SSSR count). The number of carbonyl (C=O) groups excluding carboxylic acids is 1. The predicted molar refractivity (Wildman–Crippen MR) is 87.4 cm³/mol. The fourth-order valence-corrected chi connectivity index (χ4v) is 1.98. The zero-order valence-corrected chi connectivity index (χ0v) is 13.2. The maximum Gasteiger partial charge on any atom is 0.230 e. The molecule has 1 aromatic carbocycles. The number of hydrogen-bond acceptors (Lipinski definition) is 2. The third-order valence-corrected chi connectivity index (χ3v) is 3.96. The van der Waals surface area contributed by atoms with E-state index < -0.39 is 5.92 Å². The molecule has 2 unspecified atom stereocenters. The second-order valence-electron chi connectivity index (χ2n) is 5.61. The van der Waals surface area contributed by atoms with Gasteiger partial charge in [-0.25, -0.2) is 0 Å². The lowest BCUT2D eigenvalue weighted by Crippen LogP contribution is -2.41. The fourth-order valence-electron chi connectivity index (χ4n) is 1.79. The van der Waals surface area contributed by atoms with Gasteiger partial charge in [0.1, 0.15) is 0 Å². The molecule has 1 amide bonds. The summed E-state index contributed by atoms with van der Waals surface area (Å²) in [5.41, 5.74) is 6.79. The molecule has 3 N–H and O–H groups in total. The molecule has 0 radical (unpaired) electrons. The van der Waals surface area contributed by atoms with Crippen molar-refractivity contribution in [2.75, 3.05) is 6.54 Å². The minimum atomic E-state index is -0.438. The Morgan fingerprint density at radius 3 is 2.35 bits per heavy atom. The van der Waals surface area contributed by atoms with E-state index in [0.717, 1.165) is 5.56 Å². The number of rotatable bonds is 7. The van der Waals surface area contributed by atoms with Gasteiger partial charge in [-0.05, 0) is 23.8 Å². The summed E-state index contributed by atoms with van der Waals surface area (Å²) < 4.78 is 0. The smallest absolute Gasteiger partial charge is 0.230 e. The lowest BCUT2D eigenvalue weighted by Gasteiger charge is -2.20. The molecule has 1 aromatic rings. The average Bonchev–Trinajstić information content (AvgIpc) is 2.42. The second-order valence-corrected chi connectivity index (χ2v) is 6.08. The summed E-state index contributed by atoms with van der Waals surface area (Å²) in [5.74, 6) is 0.455. The van der Waals surface area contributed by atoms with Crippen LogP contribution in [-0.2, 0) is 11.2 Å². The molecule has 2 atom stereocenters. The van der Waals surface area contributed by atoms with E-state index in [1.54, 1.807) is 0 Å². The van der Waals surface area contributed by atoms with Gasteiger partial charge in [0, 0.05) is 6.54 Å². The van der Waals surface area contributed by atoms with Crippen molar-refractivity contribution < 1.29 is 4.79 Å². The predicted octanol–water partition coefficient (Wildman–Crippen LogP) is 2.54. The normalized spacial score (nSPS) is 13.8. The molecule has 0 bridgehead atoms. The number of thiocarbonyl (C=S) groups is 1. The van der Waals surface area contributed by atoms with Crippen molar-refractivity contribution in [3.63, 3.8) is 0 Å². The fraction of sp³-hybridized carbons (Fsp3) is 0.500. The highest BCUT2D eigenvalue weighted by atomic mass is 32.1. The van der Waals surface area contributed by atoms with Gasteiger partial charge >= 0.3 is 0 Å². The summed E-state index contributed by atoms with van der Waals surface area (Å²) in [6, 6.07) is 9.81. The lowest BCUT2D eigenvalue weighted by atomic mass is 9.96. The van der Waals surface area contributed by atoms with Crippen LogP contribution < -0.4 is 11.1 Å². The highest BCUT2D eigenvalue weighted by Crippen LogP contribution is 2.11. The summed E-state index contributed by atoms with van der Waals surface area (Å²) >= 11 is 5.04. The summed E-state index contributed by atoms with van der Waals surface area (Å²) in [6.07, 6.45) is 0.554. The quantitative estimate of drug-likeness (QED) is 0.759. The van der Waals surface area contributed by atoms with Gasteiger partial charge in [-0.2, -0.15) is 0 Å². The summed E-state index contributed by atoms with van der Waals surface area (Å²) in [6.45, 7) is 7.07. The van der Waals surface area contributed by atoms with Crippen molar-refractivity contribution in [3.8, 4) is 0 Å². The Hall–Kier alpha value is -1.42. The van der Waals surface area contributed by atoms with Crippen LogP contribution in [0.15, 0.2) is 30.3 Å². The first-order chi connectivity index (χ1) is 9.41. The Balaban J connectivity index is 2.62. The van der Waals surface area contributed by atoms with Gasteiger partial charge in [-0.3, -0.25) is 4.79 Å². The summed E-state index contributed by atoms with van der Waals surface area (Å²) in [4.78, 5) is 12.5.